The molecule has 0 radical (unpaired) electrons. The molecule has 7 heteroatoms. The Bertz CT molecular complexity index is 764. The van der Waals surface area contributed by atoms with Gasteiger partial charge >= 0.3 is 0 Å². The first kappa shape index (κ1) is 11.6. The van der Waals surface area contributed by atoms with Crippen molar-refractivity contribution in [1.29, 1.82) is 0 Å². The van der Waals surface area contributed by atoms with E-state index in [1.807, 2.05) is 0 Å². The molecule has 0 fully saturated rings. The number of aromatic amines is 1. The highest BCUT2D eigenvalue weighted by atomic mass is 32.2. The number of sulfone groups is 1. The number of aryl methyl sites for hydroxylation is 1. The van der Waals surface area contributed by atoms with Gasteiger partial charge < -0.3 is 4.98 Å². The van der Waals surface area contributed by atoms with E-state index in [0.717, 1.165) is 6.07 Å². The van der Waals surface area contributed by atoms with Crippen molar-refractivity contribution in [2.24, 2.45) is 0 Å². The van der Waals surface area contributed by atoms with Gasteiger partial charge in [0, 0.05) is 23.6 Å². The molecule has 18 heavy (non-hydrogen) atoms. The van der Waals surface area contributed by atoms with E-state index < -0.39 is 27.3 Å². The van der Waals surface area contributed by atoms with Crippen molar-refractivity contribution in [3.05, 3.63) is 34.8 Å². The third-order valence-corrected chi connectivity index (χ3v) is 4.70. The highest BCUT2D eigenvalue weighted by Crippen LogP contribution is 2.32. The zero-order valence-corrected chi connectivity index (χ0v) is 9.87. The number of hydrogen-bond donors (Lipinski definition) is 1. The first-order valence-corrected chi connectivity index (χ1v) is 7.08. The Hall–Kier alpha value is -1.50. The highest BCUT2D eigenvalue weighted by Gasteiger charge is 2.28. The minimum absolute atomic E-state index is 0.0423. The van der Waals surface area contributed by atoms with Gasteiger partial charge in [-0.3, -0.25) is 0 Å². The number of fused-ring (bicyclic) bond motifs is 3. The number of halogens is 3. The van der Waals surface area contributed by atoms with Crippen molar-refractivity contribution < 1.29 is 21.6 Å². The van der Waals surface area contributed by atoms with Gasteiger partial charge in [-0.2, -0.15) is 0 Å². The lowest BCUT2D eigenvalue weighted by atomic mass is 10.1. The van der Waals surface area contributed by atoms with Gasteiger partial charge in [-0.15, -0.1) is 0 Å². The molecule has 1 N–H and O–H groups in total. The molecular formula is C11H8F3NO2S. The van der Waals surface area contributed by atoms with Crippen molar-refractivity contribution in [3.8, 4) is 0 Å². The van der Waals surface area contributed by atoms with Crippen LogP contribution < -0.4 is 0 Å². The summed E-state index contributed by atoms with van der Waals surface area (Å²) in [7, 11) is -3.30. The predicted octanol–water partition coefficient (Wildman–Crippen LogP) is 2.06. The number of aromatic nitrogens is 1. The molecule has 3 nitrogen and oxygen atoms in total. The second-order valence-electron chi connectivity index (χ2n) is 4.33. The Balaban J connectivity index is 2.39. The van der Waals surface area contributed by atoms with E-state index in [2.05, 4.69) is 4.98 Å². The fourth-order valence-corrected chi connectivity index (χ4v) is 3.72. The van der Waals surface area contributed by atoms with Gasteiger partial charge in [0.25, 0.3) is 0 Å². The van der Waals surface area contributed by atoms with Gasteiger partial charge in [-0.1, -0.05) is 0 Å². The monoisotopic (exact) mass is 275 g/mol. The summed E-state index contributed by atoms with van der Waals surface area (Å²) in [6, 6.07) is 0.846. The summed E-state index contributed by atoms with van der Waals surface area (Å²) >= 11 is 0. The molecule has 96 valence electrons. The van der Waals surface area contributed by atoms with Crippen LogP contribution in [0.1, 0.15) is 11.3 Å². The summed E-state index contributed by atoms with van der Waals surface area (Å²) in [5.41, 5.74) is 0.838. The highest BCUT2D eigenvalue weighted by molar-refractivity contribution is 7.90. The third-order valence-electron chi connectivity index (χ3n) is 3.14. The molecule has 0 bridgehead atoms. The van der Waals surface area contributed by atoms with E-state index in [-0.39, 0.29) is 34.4 Å². The van der Waals surface area contributed by atoms with Crippen LogP contribution in [0.2, 0.25) is 0 Å². The van der Waals surface area contributed by atoms with Crippen molar-refractivity contribution in [2.45, 2.75) is 12.2 Å². The molecular weight excluding hydrogens is 267 g/mol. The SMILES string of the molecule is O=S1(=O)CCc2[nH]c3cc(F)c(F)c(F)c3c2C1. The molecule has 0 atom stereocenters. The number of nitrogens with one attached hydrogen (secondary N) is 1. The molecule has 0 saturated heterocycles. The van der Waals surface area contributed by atoms with Crippen LogP contribution in [0.3, 0.4) is 0 Å². The Kier molecular flexibility index (Phi) is 2.25. The number of rotatable bonds is 0. The van der Waals surface area contributed by atoms with Crippen molar-refractivity contribution in [3.63, 3.8) is 0 Å². The summed E-state index contributed by atoms with van der Waals surface area (Å²) in [5.74, 6) is -4.59. The Morgan fingerprint density at radius 1 is 1.17 bits per heavy atom. The molecule has 2 aromatic rings. The second-order valence-corrected chi connectivity index (χ2v) is 6.52. The number of benzene rings is 1. The summed E-state index contributed by atoms with van der Waals surface area (Å²) in [4.78, 5) is 2.75. The van der Waals surface area contributed by atoms with Crippen LogP contribution in [-0.4, -0.2) is 19.2 Å². The zero-order chi connectivity index (χ0) is 13.1. The average Bonchev–Trinajstić information content (AvgIpc) is 2.62. The molecule has 1 aromatic carbocycles. The van der Waals surface area contributed by atoms with Gasteiger partial charge in [0.05, 0.1) is 17.0 Å². The minimum atomic E-state index is -3.30. The summed E-state index contributed by atoms with van der Waals surface area (Å²) in [5, 5.41) is -0.160. The number of H-pyrrole nitrogens is 1. The van der Waals surface area contributed by atoms with Gasteiger partial charge in [-0.25, -0.2) is 21.6 Å². The normalized spacial score (nSPS) is 17.9. The fourth-order valence-electron chi connectivity index (χ4n) is 2.30. The first-order chi connectivity index (χ1) is 8.39. The lowest BCUT2D eigenvalue weighted by Crippen LogP contribution is -2.18. The molecule has 0 spiro atoms. The van der Waals surface area contributed by atoms with E-state index in [1.54, 1.807) is 0 Å². The van der Waals surface area contributed by atoms with Crippen LogP contribution in [-0.2, 0) is 22.0 Å². The molecule has 3 rings (SSSR count). The van der Waals surface area contributed by atoms with Gasteiger partial charge in [0.15, 0.2) is 27.3 Å². The maximum atomic E-state index is 13.7. The van der Waals surface area contributed by atoms with E-state index in [9.17, 15) is 21.6 Å². The molecule has 0 unspecified atom stereocenters. The van der Waals surface area contributed by atoms with Crippen LogP contribution >= 0.6 is 0 Å². The summed E-state index contributed by atoms with van der Waals surface area (Å²) < 4.78 is 63.0. The van der Waals surface area contributed by atoms with E-state index in [0.29, 0.717) is 5.69 Å². The Morgan fingerprint density at radius 2 is 1.89 bits per heavy atom. The van der Waals surface area contributed by atoms with Crippen molar-refractivity contribution in [2.75, 3.05) is 5.75 Å². The zero-order valence-electron chi connectivity index (χ0n) is 9.06. The van der Waals surface area contributed by atoms with Crippen molar-refractivity contribution >= 4 is 20.7 Å². The Labute approximate surface area is 101 Å². The van der Waals surface area contributed by atoms with E-state index in [1.165, 1.54) is 0 Å². The molecule has 0 amide bonds. The number of hydrogen-bond acceptors (Lipinski definition) is 2. The van der Waals surface area contributed by atoms with Gasteiger partial charge in [0.1, 0.15) is 0 Å². The smallest absolute Gasteiger partial charge is 0.195 e. The molecule has 1 aliphatic heterocycles. The van der Waals surface area contributed by atoms with Crippen LogP contribution in [0.5, 0.6) is 0 Å². The largest absolute Gasteiger partial charge is 0.358 e. The standard InChI is InChI=1S/C11H8F3NO2S/c12-6-3-8-9(11(14)10(6)13)5-4-18(16,17)2-1-7(5)15-8/h3,15H,1-2,4H2. The van der Waals surface area contributed by atoms with Gasteiger partial charge in [-0.05, 0) is 5.56 Å². The second kappa shape index (κ2) is 3.50. The lowest BCUT2D eigenvalue weighted by molar-refractivity contribution is 0.453. The van der Waals surface area contributed by atoms with Crippen LogP contribution in [0.4, 0.5) is 13.2 Å². The maximum absolute atomic E-state index is 13.7. The average molecular weight is 275 g/mol. The molecule has 1 aliphatic rings. The van der Waals surface area contributed by atoms with Crippen LogP contribution in [0, 0.1) is 17.5 Å². The molecule has 0 aliphatic carbocycles. The van der Waals surface area contributed by atoms with E-state index in [4.69, 9.17) is 0 Å². The lowest BCUT2D eigenvalue weighted by Gasteiger charge is -2.12. The molecule has 2 heterocycles. The molecule has 1 aromatic heterocycles. The van der Waals surface area contributed by atoms with Crippen molar-refractivity contribution in [1.82, 2.24) is 4.98 Å². The van der Waals surface area contributed by atoms with Crippen LogP contribution in [0.15, 0.2) is 6.07 Å². The van der Waals surface area contributed by atoms with E-state index >= 15 is 0 Å². The summed E-state index contributed by atoms with van der Waals surface area (Å²) in [6.07, 6.45) is 0.203. The Morgan fingerprint density at radius 3 is 2.61 bits per heavy atom. The van der Waals surface area contributed by atoms with Crippen LogP contribution in [0.25, 0.3) is 10.9 Å². The minimum Gasteiger partial charge on any atom is -0.358 e. The fraction of sp³-hybridized carbons (Fsp3) is 0.273. The quantitative estimate of drug-likeness (QED) is 0.748. The third kappa shape index (κ3) is 1.53. The topological polar surface area (TPSA) is 49.9 Å². The predicted molar refractivity (Wildman–Crippen MR) is 59.4 cm³/mol. The first-order valence-electron chi connectivity index (χ1n) is 5.26. The van der Waals surface area contributed by atoms with Gasteiger partial charge in [0.2, 0.25) is 0 Å². The maximum Gasteiger partial charge on any atom is 0.195 e. The summed E-state index contributed by atoms with van der Waals surface area (Å²) in [6.45, 7) is 0. The molecule has 0 saturated carbocycles.